The first-order chi connectivity index (χ1) is 10.6. The molecule has 8 heteroatoms. The Morgan fingerprint density at radius 2 is 2.09 bits per heavy atom. The summed E-state index contributed by atoms with van der Waals surface area (Å²) in [5.74, 6) is -1.49. The molecule has 0 radical (unpaired) electrons. The van der Waals surface area contributed by atoms with Crippen LogP contribution in [0.1, 0.15) is 11.7 Å². The maximum atomic E-state index is 11.7. The van der Waals surface area contributed by atoms with Gasteiger partial charge >= 0.3 is 11.8 Å². The van der Waals surface area contributed by atoms with Gasteiger partial charge in [-0.3, -0.25) is 14.9 Å². The van der Waals surface area contributed by atoms with Crippen LogP contribution in [-0.4, -0.2) is 30.6 Å². The molecule has 0 saturated heterocycles. The number of amides is 2. The number of nitrogens with zero attached hydrogens (tertiary/aromatic N) is 1. The molecule has 0 aliphatic rings. The maximum Gasteiger partial charge on any atom is 0.314 e. The number of aromatic nitrogens is 1. The van der Waals surface area contributed by atoms with Gasteiger partial charge < -0.3 is 14.6 Å². The first-order valence-electron chi connectivity index (χ1n) is 6.38. The zero-order valence-corrected chi connectivity index (χ0v) is 12.5. The lowest BCUT2D eigenvalue weighted by Gasteiger charge is -2.17. The molecule has 0 aliphatic heterocycles. The van der Waals surface area contributed by atoms with Crippen molar-refractivity contribution >= 4 is 29.2 Å². The quantitative estimate of drug-likeness (QED) is 0.818. The second kappa shape index (κ2) is 7.58. The number of nitrogens with one attached hydrogen (secondary N) is 2. The zero-order valence-electron chi connectivity index (χ0n) is 11.7. The fourth-order valence-electron chi connectivity index (χ4n) is 1.77. The molecule has 1 aromatic carbocycles. The van der Waals surface area contributed by atoms with Crippen LogP contribution in [-0.2, 0) is 14.3 Å². The van der Waals surface area contributed by atoms with E-state index in [1.165, 1.54) is 19.4 Å². The minimum atomic E-state index is -0.845. The van der Waals surface area contributed by atoms with E-state index in [1.807, 2.05) is 6.07 Å². The molecule has 2 rings (SSSR count). The number of anilines is 1. The number of carbonyl (C=O) groups excluding carboxylic acids is 2. The number of methoxy groups -OCH3 is 1. The van der Waals surface area contributed by atoms with E-state index in [9.17, 15) is 9.59 Å². The number of rotatable bonds is 5. The Morgan fingerprint density at radius 1 is 1.32 bits per heavy atom. The van der Waals surface area contributed by atoms with E-state index in [2.05, 4.69) is 20.3 Å². The highest BCUT2D eigenvalue weighted by atomic mass is 35.5. The molecular weight excluding hydrogens is 310 g/mol. The van der Waals surface area contributed by atoms with Crippen molar-refractivity contribution in [1.82, 2.24) is 10.5 Å². The Hall–Kier alpha value is -2.38. The highest BCUT2D eigenvalue weighted by Gasteiger charge is 2.19. The summed E-state index contributed by atoms with van der Waals surface area (Å²) in [7, 11) is 1.50. The highest BCUT2D eigenvalue weighted by Crippen LogP contribution is 2.24. The van der Waals surface area contributed by atoms with Gasteiger partial charge in [0.15, 0.2) is 5.82 Å². The molecular formula is C14H14ClN3O4. The fraction of sp³-hybridized carbons (Fsp3) is 0.214. The van der Waals surface area contributed by atoms with Crippen LogP contribution in [0.5, 0.6) is 0 Å². The van der Waals surface area contributed by atoms with Gasteiger partial charge in [0.05, 0.1) is 0 Å². The van der Waals surface area contributed by atoms with Gasteiger partial charge in [0.25, 0.3) is 0 Å². The van der Waals surface area contributed by atoms with Gasteiger partial charge in [0.2, 0.25) is 0 Å². The molecule has 2 amide bonds. The largest absolute Gasteiger partial charge is 0.375 e. The molecule has 0 bridgehead atoms. The SMILES string of the molecule is CO[C@H](CNC(=O)C(=O)Nc1ccon1)c1ccccc1Cl. The summed E-state index contributed by atoms with van der Waals surface area (Å²) in [4.78, 5) is 23.4. The van der Waals surface area contributed by atoms with Gasteiger partial charge in [-0.25, -0.2) is 0 Å². The van der Waals surface area contributed by atoms with Crippen LogP contribution in [0.25, 0.3) is 0 Å². The summed E-state index contributed by atoms with van der Waals surface area (Å²) in [6.07, 6.45) is 0.823. The monoisotopic (exact) mass is 323 g/mol. The molecule has 1 aromatic heterocycles. The Kier molecular flexibility index (Phi) is 5.51. The average Bonchev–Trinajstić information content (AvgIpc) is 3.02. The molecule has 0 unspecified atom stereocenters. The second-order valence-electron chi connectivity index (χ2n) is 4.29. The van der Waals surface area contributed by atoms with Crippen LogP contribution in [0.3, 0.4) is 0 Å². The van der Waals surface area contributed by atoms with Crippen LogP contribution in [0.2, 0.25) is 5.02 Å². The molecule has 0 aliphatic carbocycles. The van der Waals surface area contributed by atoms with Crippen LogP contribution >= 0.6 is 11.6 Å². The number of halogens is 1. The predicted octanol–water partition coefficient (Wildman–Crippen LogP) is 1.77. The molecule has 2 N–H and O–H groups in total. The topological polar surface area (TPSA) is 93.5 Å². The minimum Gasteiger partial charge on any atom is -0.375 e. The zero-order chi connectivity index (χ0) is 15.9. The molecule has 0 fully saturated rings. The molecule has 116 valence electrons. The Balaban J connectivity index is 1.91. The van der Waals surface area contributed by atoms with Gasteiger partial charge in [-0.05, 0) is 6.07 Å². The lowest BCUT2D eigenvalue weighted by Crippen LogP contribution is -2.38. The third kappa shape index (κ3) is 4.06. The second-order valence-corrected chi connectivity index (χ2v) is 4.70. The van der Waals surface area contributed by atoms with Crippen LogP contribution < -0.4 is 10.6 Å². The molecule has 2 aromatic rings. The van der Waals surface area contributed by atoms with Gasteiger partial charge in [-0.1, -0.05) is 35.0 Å². The van der Waals surface area contributed by atoms with Crippen molar-refractivity contribution in [3.63, 3.8) is 0 Å². The number of carbonyl (C=O) groups is 2. The van der Waals surface area contributed by atoms with E-state index < -0.39 is 17.9 Å². The maximum absolute atomic E-state index is 11.7. The summed E-state index contributed by atoms with van der Waals surface area (Å²) in [6.45, 7) is 0.102. The van der Waals surface area contributed by atoms with Crippen molar-refractivity contribution < 1.29 is 18.8 Å². The summed E-state index contributed by atoms with van der Waals surface area (Å²) < 4.78 is 9.85. The van der Waals surface area contributed by atoms with Crippen LogP contribution in [0.4, 0.5) is 5.82 Å². The Morgan fingerprint density at radius 3 is 2.73 bits per heavy atom. The number of benzene rings is 1. The Bertz CT molecular complexity index is 645. The molecule has 1 heterocycles. The summed E-state index contributed by atoms with van der Waals surface area (Å²) in [6, 6.07) is 8.54. The van der Waals surface area contributed by atoms with Crippen LogP contribution in [0, 0.1) is 0 Å². The molecule has 0 saturated carbocycles. The lowest BCUT2D eigenvalue weighted by molar-refractivity contribution is -0.136. The van der Waals surface area contributed by atoms with E-state index >= 15 is 0 Å². The molecule has 7 nitrogen and oxygen atoms in total. The van der Waals surface area contributed by atoms with Gasteiger partial charge in [-0.15, -0.1) is 0 Å². The standard InChI is InChI=1S/C14H14ClN3O4/c1-21-11(9-4-2-3-5-10(9)15)8-16-13(19)14(20)17-12-6-7-22-18-12/h2-7,11H,8H2,1H3,(H,16,19)(H,17,18,20)/t11-/m1/s1. The summed E-state index contributed by atoms with van der Waals surface area (Å²) in [5, 5.41) is 8.77. The van der Waals surface area contributed by atoms with Crippen molar-refractivity contribution in [2.75, 3.05) is 19.0 Å². The number of hydrogen-bond donors (Lipinski definition) is 2. The summed E-state index contributed by atoms with van der Waals surface area (Å²) >= 11 is 6.08. The van der Waals surface area contributed by atoms with Gasteiger partial charge in [0, 0.05) is 30.3 Å². The van der Waals surface area contributed by atoms with Crippen molar-refractivity contribution in [3.8, 4) is 0 Å². The number of hydrogen-bond acceptors (Lipinski definition) is 5. The first-order valence-corrected chi connectivity index (χ1v) is 6.76. The third-order valence-corrected chi connectivity index (χ3v) is 3.21. The van der Waals surface area contributed by atoms with E-state index in [1.54, 1.807) is 18.2 Å². The fourth-order valence-corrected chi connectivity index (χ4v) is 2.03. The van der Waals surface area contributed by atoms with E-state index in [0.717, 1.165) is 5.56 Å². The third-order valence-electron chi connectivity index (χ3n) is 2.87. The molecule has 0 spiro atoms. The van der Waals surface area contributed by atoms with Crippen molar-refractivity contribution in [1.29, 1.82) is 0 Å². The van der Waals surface area contributed by atoms with E-state index in [4.69, 9.17) is 16.3 Å². The smallest absolute Gasteiger partial charge is 0.314 e. The van der Waals surface area contributed by atoms with E-state index in [0.29, 0.717) is 5.02 Å². The van der Waals surface area contributed by atoms with E-state index in [-0.39, 0.29) is 12.4 Å². The first kappa shape index (κ1) is 16.0. The van der Waals surface area contributed by atoms with Gasteiger partial charge in [-0.2, -0.15) is 0 Å². The van der Waals surface area contributed by atoms with Gasteiger partial charge in [0.1, 0.15) is 12.4 Å². The predicted molar refractivity (Wildman–Crippen MR) is 79.3 cm³/mol. The average molecular weight is 324 g/mol. The molecule has 1 atom stereocenters. The molecule has 22 heavy (non-hydrogen) atoms. The van der Waals surface area contributed by atoms with Crippen molar-refractivity contribution in [2.24, 2.45) is 0 Å². The van der Waals surface area contributed by atoms with Crippen molar-refractivity contribution in [2.45, 2.75) is 6.10 Å². The normalized spacial score (nSPS) is 11.7. The summed E-state index contributed by atoms with van der Waals surface area (Å²) in [5.41, 5.74) is 0.726. The van der Waals surface area contributed by atoms with Crippen molar-refractivity contribution in [3.05, 3.63) is 47.2 Å². The minimum absolute atomic E-state index is 0.102. The highest BCUT2D eigenvalue weighted by molar-refractivity contribution is 6.39. The number of ether oxygens (including phenoxy) is 1. The lowest BCUT2D eigenvalue weighted by atomic mass is 10.1. The van der Waals surface area contributed by atoms with Crippen LogP contribution in [0.15, 0.2) is 41.1 Å². The Labute approximate surface area is 131 Å².